The maximum atomic E-state index is 11.4. The Hall–Kier alpha value is -1.43. The van der Waals surface area contributed by atoms with Crippen LogP contribution in [0.5, 0.6) is 0 Å². The van der Waals surface area contributed by atoms with Crippen molar-refractivity contribution < 1.29 is 9.69 Å². The molecule has 4 nitrogen and oxygen atoms in total. The maximum absolute atomic E-state index is 11.4. The van der Waals surface area contributed by atoms with Crippen LogP contribution in [0, 0.1) is 0 Å². The van der Waals surface area contributed by atoms with Crippen molar-refractivity contribution >= 4 is 28.8 Å². The Kier molecular flexibility index (Phi) is 4.00. The van der Waals surface area contributed by atoms with Gasteiger partial charge in [0.25, 0.3) is 5.91 Å². The van der Waals surface area contributed by atoms with Crippen LogP contribution in [0.1, 0.15) is 5.69 Å². The molecular weight excluding hydrogens is 294 g/mol. The highest BCUT2D eigenvalue weighted by Gasteiger charge is 2.20. The van der Waals surface area contributed by atoms with E-state index >= 15 is 0 Å². The topological polar surface area (TPSA) is 46.4 Å². The Balaban J connectivity index is 1.70. The molecule has 1 fully saturated rings. The minimum Gasteiger partial charge on any atom is -0.346 e. The van der Waals surface area contributed by atoms with Gasteiger partial charge >= 0.3 is 0 Å². The lowest BCUT2D eigenvalue weighted by atomic mass is 10.2. The Bertz CT molecular complexity index is 611. The summed E-state index contributed by atoms with van der Waals surface area (Å²) in [5.41, 5.74) is 2.13. The number of piperazine rings is 1. The molecule has 1 saturated heterocycles. The van der Waals surface area contributed by atoms with Crippen molar-refractivity contribution in [3.05, 3.63) is 40.4 Å². The average Bonchev–Trinajstić information content (AvgIpc) is 2.88. The van der Waals surface area contributed by atoms with Crippen molar-refractivity contribution in [1.82, 2.24) is 10.3 Å². The molecule has 1 aromatic heterocycles. The molecule has 1 amide bonds. The fraction of sp³-hybridized carbons (Fsp3) is 0.286. The molecule has 20 heavy (non-hydrogen) atoms. The molecule has 0 saturated carbocycles. The molecule has 1 unspecified atom stereocenters. The van der Waals surface area contributed by atoms with Gasteiger partial charge in [0.15, 0.2) is 6.54 Å². The molecule has 1 atom stereocenters. The zero-order chi connectivity index (χ0) is 13.9. The summed E-state index contributed by atoms with van der Waals surface area (Å²) in [6.45, 7) is 3.05. The number of carbonyl (C=O) groups is 1. The largest absolute Gasteiger partial charge is 0.346 e. The Morgan fingerprint density at radius 2 is 2.15 bits per heavy atom. The zero-order valence-corrected chi connectivity index (χ0v) is 12.4. The molecule has 104 valence electrons. The molecule has 1 aliphatic rings. The minimum atomic E-state index is 0.124. The Labute approximate surface area is 126 Å². The van der Waals surface area contributed by atoms with Gasteiger partial charge in [-0.1, -0.05) is 23.7 Å². The molecule has 0 bridgehead atoms. The summed E-state index contributed by atoms with van der Waals surface area (Å²) in [5, 5.41) is 6.65. The third-order valence-corrected chi connectivity index (χ3v) is 4.48. The van der Waals surface area contributed by atoms with Crippen LogP contribution in [0.2, 0.25) is 5.02 Å². The number of hydrogen-bond acceptors (Lipinski definition) is 3. The molecule has 1 aliphatic heterocycles. The maximum Gasteiger partial charge on any atom is 0.275 e. The molecule has 2 aromatic rings. The second-order valence-corrected chi connectivity index (χ2v) is 6.15. The van der Waals surface area contributed by atoms with Gasteiger partial charge in [0, 0.05) is 16.0 Å². The van der Waals surface area contributed by atoms with Crippen LogP contribution in [-0.2, 0) is 11.3 Å². The van der Waals surface area contributed by atoms with E-state index in [1.165, 1.54) is 4.90 Å². The van der Waals surface area contributed by atoms with E-state index in [1.54, 1.807) is 11.3 Å². The van der Waals surface area contributed by atoms with Gasteiger partial charge in [-0.15, -0.1) is 11.3 Å². The van der Waals surface area contributed by atoms with Crippen LogP contribution in [0.15, 0.2) is 29.6 Å². The summed E-state index contributed by atoms with van der Waals surface area (Å²) in [6.07, 6.45) is 0. The van der Waals surface area contributed by atoms with Crippen LogP contribution in [0.4, 0.5) is 0 Å². The molecule has 0 radical (unpaired) electrons. The van der Waals surface area contributed by atoms with E-state index < -0.39 is 0 Å². The standard InChI is InChI=1S/C14H14ClN3OS/c15-11-3-1-10(2-4-11)14-17-12(9-20-14)7-18-6-5-16-13(19)8-18/h1-4,9H,5-8H2,(H,16,19)/p+1. The van der Waals surface area contributed by atoms with Gasteiger partial charge in [-0.05, 0) is 12.1 Å². The molecule has 0 spiro atoms. The minimum absolute atomic E-state index is 0.124. The summed E-state index contributed by atoms with van der Waals surface area (Å²) >= 11 is 7.52. The first kappa shape index (κ1) is 13.5. The molecule has 2 N–H and O–H groups in total. The van der Waals surface area contributed by atoms with E-state index in [0.717, 1.165) is 40.9 Å². The first-order valence-electron chi connectivity index (χ1n) is 6.51. The number of thiazole rings is 1. The predicted octanol–water partition coefficient (Wildman–Crippen LogP) is 0.978. The third kappa shape index (κ3) is 3.17. The van der Waals surface area contributed by atoms with Gasteiger partial charge < -0.3 is 10.2 Å². The smallest absolute Gasteiger partial charge is 0.275 e. The van der Waals surface area contributed by atoms with E-state index in [2.05, 4.69) is 15.7 Å². The fourth-order valence-electron chi connectivity index (χ4n) is 2.28. The van der Waals surface area contributed by atoms with Gasteiger partial charge in [-0.2, -0.15) is 0 Å². The zero-order valence-electron chi connectivity index (χ0n) is 10.9. The number of halogens is 1. The van der Waals surface area contributed by atoms with Crippen LogP contribution in [0.3, 0.4) is 0 Å². The van der Waals surface area contributed by atoms with Crippen LogP contribution < -0.4 is 10.2 Å². The lowest BCUT2D eigenvalue weighted by Gasteiger charge is -2.22. The lowest BCUT2D eigenvalue weighted by molar-refractivity contribution is -0.907. The molecule has 0 aliphatic carbocycles. The van der Waals surface area contributed by atoms with Gasteiger partial charge in [-0.3, -0.25) is 4.79 Å². The van der Waals surface area contributed by atoms with Gasteiger partial charge in [-0.25, -0.2) is 4.98 Å². The summed E-state index contributed by atoms with van der Waals surface area (Å²) in [5.74, 6) is 0.124. The summed E-state index contributed by atoms with van der Waals surface area (Å²) in [7, 11) is 0. The van der Waals surface area contributed by atoms with Crippen molar-refractivity contribution in [3.8, 4) is 10.6 Å². The third-order valence-electron chi connectivity index (χ3n) is 3.29. The summed E-state index contributed by atoms with van der Waals surface area (Å²) in [6, 6.07) is 7.70. The number of amides is 1. The van der Waals surface area contributed by atoms with Crippen molar-refractivity contribution in [2.75, 3.05) is 19.6 Å². The molecule has 1 aromatic carbocycles. The van der Waals surface area contributed by atoms with E-state index in [-0.39, 0.29) is 5.91 Å². The quantitative estimate of drug-likeness (QED) is 0.888. The summed E-state index contributed by atoms with van der Waals surface area (Å²) < 4.78 is 0. The normalized spacial score (nSPS) is 18.9. The second-order valence-electron chi connectivity index (χ2n) is 4.85. The van der Waals surface area contributed by atoms with Gasteiger partial charge in [0.2, 0.25) is 0 Å². The molecule has 2 heterocycles. The van der Waals surface area contributed by atoms with E-state index in [1.807, 2.05) is 24.3 Å². The van der Waals surface area contributed by atoms with Crippen molar-refractivity contribution in [2.24, 2.45) is 0 Å². The number of quaternary nitrogens is 1. The number of nitrogens with one attached hydrogen (secondary N) is 2. The van der Waals surface area contributed by atoms with Crippen LogP contribution >= 0.6 is 22.9 Å². The Morgan fingerprint density at radius 1 is 1.35 bits per heavy atom. The van der Waals surface area contributed by atoms with Crippen molar-refractivity contribution in [1.29, 1.82) is 0 Å². The highest BCUT2D eigenvalue weighted by Crippen LogP contribution is 2.24. The monoisotopic (exact) mass is 308 g/mol. The Morgan fingerprint density at radius 3 is 2.90 bits per heavy atom. The highest BCUT2D eigenvalue weighted by atomic mass is 35.5. The number of rotatable bonds is 3. The predicted molar refractivity (Wildman–Crippen MR) is 80.0 cm³/mol. The SMILES string of the molecule is O=C1C[NH+](Cc2csc(-c3ccc(Cl)cc3)n2)CCN1. The highest BCUT2D eigenvalue weighted by molar-refractivity contribution is 7.13. The lowest BCUT2D eigenvalue weighted by Crippen LogP contribution is -3.14. The number of benzene rings is 1. The molecule has 3 rings (SSSR count). The summed E-state index contributed by atoms with van der Waals surface area (Å²) in [4.78, 5) is 17.3. The fourth-order valence-corrected chi connectivity index (χ4v) is 3.23. The van der Waals surface area contributed by atoms with Crippen LogP contribution in [-0.4, -0.2) is 30.5 Å². The van der Waals surface area contributed by atoms with E-state index in [0.29, 0.717) is 6.54 Å². The van der Waals surface area contributed by atoms with Gasteiger partial charge in [0.1, 0.15) is 17.2 Å². The van der Waals surface area contributed by atoms with Crippen molar-refractivity contribution in [3.63, 3.8) is 0 Å². The first-order chi connectivity index (χ1) is 9.70. The second kappa shape index (κ2) is 5.91. The van der Waals surface area contributed by atoms with E-state index in [9.17, 15) is 4.79 Å². The van der Waals surface area contributed by atoms with Crippen LogP contribution in [0.25, 0.3) is 10.6 Å². The van der Waals surface area contributed by atoms with E-state index in [4.69, 9.17) is 11.6 Å². The average molecular weight is 309 g/mol. The van der Waals surface area contributed by atoms with Crippen molar-refractivity contribution in [2.45, 2.75) is 6.54 Å². The number of carbonyl (C=O) groups excluding carboxylic acids is 1. The number of aromatic nitrogens is 1. The number of nitrogens with zero attached hydrogens (tertiary/aromatic N) is 1. The molecular formula is C14H15ClN3OS+. The molecule has 6 heteroatoms. The first-order valence-corrected chi connectivity index (χ1v) is 7.77. The van der Waals surface area contributed by atoms with Gasteiger partial charge in [0.05, 0.1) is 13.1 Å². The number of hydrogen-bond donors (Lipinski definition) is 2.